The van der Waals surface area contributed by atoms with Gasteiger partial charge >= 0.3 is 5.97 Å². The van der Waals surface area contributed by atoms with E-state index in [1.807, 2.05) is 13.8 Å². The minimum absolute atomic E-state index is 0.0330. The molecule has 11 nitrogen and oxygen atoms in total. The van der Waals surface area contributed by atoms with Gasteiger partial charge in [0, 0.05) is 12.2 Å². The van der Waals surface area contributed by atoms with E-state index in [0.29, 0.717) is 5.56 Å². The predicted molar refractivity (Wildman–Crippen MR) is 128 cm³/mol. The highest BCUT2D eigenvalue weighted by Crippen LogP contribution is 2.13. The SMILES string of the molecule is CC(C)CC(NC(=O)C(Cc1ccc(O)cc1)NC(=O)C(N)CS)C(=O)NC(C(=O)O)C(C)O. The number of hydrogen-bond donors (Lipinski definition) is 8. The predicted octanol–water partition coefficient (Wildman–Crippen LogP) is -0.842. The molecule has 0 aliphatic rings. The van der Waals surface area contributed by atoms with Gasteiger partial charge in [-0.3, -0.25) is 14.4 Å². The average Bonchev–Trinajstić information content (AvgIpc) is 2.76. The average molecular weight is 499 g/mol. The maximum atomic E-state index is 13.1. The van der Waals surface area contributed by atoms with Gasteiger partial charge in [0.1, 0.15) is 17.8 Å². The van der Waals surface area contributed by atoms with Crippen LogP contribution in [0.2, 0.25) is 0 Å². The van der Waals surface area contributed by atoms with Crippen LogP contribution in [-0.2, 0) is 25.6 Å². The standard InChI is InChI=1S/C22H34N4O7S/c1-11(2)8-16(21(31)26-18(12(3)27)22(32)33)25-20(30)17(24-19(29)15(23)10-34)9-13-4-6-14(28)7-5-13/h4-7,11-12,15-18,27-28,34H,8-10,23H2,1-3H3,(H,24,29)(H,25,30)(H,26,31)(H,32,33). The molecule has 1 aromatic rings. The summed E-state index contributed by atoms with van der Waals surface area (Å²) in [5.74, 6) is -3.46. The van der Waals surface area contributed by atoms with Crippen LogP contribution in [0.15, 0.2) is 24.3 Å². The van der Waals surface area contributed by atoms with E-state index in [2.05, 4.69) is 28.6 Å². The summed E-state index contributed by atoms with van der Waals surface area (Å²) in [5.41, 5.74) is 6.34. The van der Waals surface area contributed by atoms with Crippen molar-refractivity contribution in [1.82, 2.24) is 16.0 Å². The number of aromatic hydroxyl groups is 1. The fourth-order valence-corrected chi connectivity index (χ4v) is 3.22. The van der Waals surface area contributed by atoms with Crippen molar-refractivity contribution in [2.45, 2.75) is 63.9 Å². The second kappa shape index (κ2) is 13.8. The number of aliphatic hydroxyl groups excluding tert-OH is 1. The highest BCUT2D eigenvalue weighted by atomic mass is 32.1. The maximum Gasteiger partial charge on any atom is 0.328 e. The first-order chi connectivity index (χ1) is 15.8. The summed E-state index contributed by atoms with van der Waals surface area (Å²) < 4.78 is 0. The number of carboxylic acids is 1. The minimum atomic E-state index is -1.56. The molecule has 190 valence electrons. The molecule has 12 heteroatoms. The van der Waals surface area contributed by atoms with Crippen molar-refractivity contribution in [2.75, 3.05) is 5.75 Å². The smallest absolute Gasteiger partial charge is 0.328 e. The van der Waals surface area contributed by atoms with E-state index in [1.54, 1.807) is 12.1 Å². The van der Waals surface area contributed by atoms with Crippen molar-refractivity contribution < 1.29 is 34.5 Å². The number of aliphatic hydroxyl groups is 1. The molecular formula is C22H34N4O7S. The van der Waals surface area contributed by atoms with E-state index in [0.717, 1.165) is 0 Å². The highest BCUT2D eigenvalue weighted by molar-refractivity contribution is 7.80. The molecule has 34 heavy (non-hydrogen) atoms. The number of carbonyl (C=O) groups is 4. The molecule has 0 saturated heterocycles. The molecule has 0 heterocycles. The zero-order valence-electron chi connectivity index (χ0n) is 19.4. The van der Waals surface area contributed by atoms with Crippen molar-refractivity contribution in [3.63, 3.8) is 0 Å². The molecule has 5 unspecified atom stereocenters. The van der Waals surface area contributed by atoms with E-state index in [1.165, 1.54) is 19.1 Å². The first-order valence-corrected chi connectivity index (χ1v) is 11.4. The molecule has 0 aromatic heterocycles. The number of phenolic OH excluding ortho intramolecular Hbond substituents is 1. The fraction of sp³-hybridized carbons (Fsp3) is 0.545. The Kier molecular flexibility index (Phi) is 11.8. The Morgan fingerprint density at radius 3 is 1.94 bits per heavy atom. The van der Waals surface area contributed by atoms with Crippen LogP contribution in [0.25, 0.3) is 0 Å². The normalized spacial score (nSPS) is 15.5. The lowest BCUT2D eigenvalue weighted by Gasteiger charge is -2.26. The second-order valence-corrected chi connectivity index (χ2v) is 8.84. The van der Waals surface area contributed by atoms with Gasteiger partial charge in [0.15, 0.2) is 6.04 Å². The summed E-state index contributed by atoms with van der Waals surface area (Å²) in [5, 5.41) is 35.8. The van der Waals surface area contributed by atoms with Gasteiger partial charge in [0.2, 0.25) is 17.7 Å². The van der Waals surface area contributed by atoms with Crippen LogP contribution in [0.1, 0.15) is 32.8 Å². The molecule has 3 amide bonds. The number of thiol groups is 1. The third kappa shape index (κ3) is 9.57. The Bertz CT molecular complexity index is 848. The lowest BCUT2D eigenvalue weighted by atomic mass is 10.00. The summed E-state index contributed by atoms with van der Waals surface area (Å²) in [7, 11) is 0. The molecule has 0 saturated carbocycles. The van der Waals surface area contributed by atoms with Crippen molar-refractivity contribution in [3.05, 3.63) is 29.8 Å². The Balaban J connectivity index is 3.11. The van der Waals surface area contributed by atoms with Crippen LogP contribution in [-0.4, -0.2) is 75.0 Å². The maximum absolute atomic E-state index is 13.1. The summed E-state index contributed by atoms with van der Waals surface area (Å²) in [4.78, 5) is 49.6. The van der Waals surface area contributed by atoms with Crippen LogP contribution in [0.4, 0.5) is 0 Å². The first kappa shape index (κ1) is 29.2. The van der Waals surface area contributed by atoms with Crippen LogP contribution >= 0.6 is 12.6 Å². The van der Waals surface area contributed by atoms with Gasteiger partial charge < -0.3 is 37.0 Å². The van der Waals surface area contributed by atoms with E-state index in [4.69, 9.17) is 5.73 Å². The van der Waals surface area contributed by atoms with Crippen LogP contribution in [0, 0.1) is 5.92 Å². The van der Waals surface area contributed by atoms with E-state index in [9.17, 15) is 34.5 Å². The number of aliphatic carboxylic acids is 1. The quantitative estimate of drug-likeness (QED) is 0.161. The Morgan fingerprint density at radius 2 is 1.47 bits per heavy atom. The van der Waals surface area contributed by atoms with Gasteiger partial charge in [0.05, 0.1) is 12.1 Å². The molecule has 0 aliphatic heterocycles. The highest BCUT2D eigenvalue weighted by Gasteiger charge is 2.32. The molecule has 0 fully saturated rings. The zero-order valence-corrected chi connectivity index (χ0v) is 20.3. The van der Waals surface area contributed by atoms with Crippen LogP contribution < -0.4 is 21.7 Å². The third-order valence-electron chi connectivity index (χ3n) is 4.93. The lowest BCUT2D eigenvalue weighted by molar-refractivity contribution is -0.145. The number of carbonyl (C=O) groups excluding carboxylic acids is 3. The lowest BCUT2D eigenvalue weighted by Crippen LogP contribution is -2.59. The number of hydrogen-bond acceptors (Lipinski definition) is 8. The topological polar surface area (TPSA) is 191 Å². The molecule has 0 bridgehead atoms. The van der Waals surface area contributed by atoms with Crippen LogP contribution in [0.5, 0.6) is 5.75 Å². The van der Waals surface area contributed by atoms with E-state index >= 15 is 0 Å². The van der Waals surface area contributed by atoms with Crippen molar-refractivity contribution in [1.29, 1.82) is 0 Å². The van der Waals surface area contributed by atoms with Gasteiger partial charge in [-0.1, -0.05) is 26.0 Å². The molecule has 8 N–H and O–H groups in total. The summed E-state index contributed by atoms with van der Waals surface area (Å²) in [6, 6.07) is 1.28. The molecular weight excluding hydrogens is 464 g/mol. The number of rotatable bonds is 13. The fourth-order valence-electron chi connectivity index (χ4n) is 3.06. The number of nitrogens with two attached hydrogens (primary N) is 1. The van der Waals surface area contributed by atoms with E-state index in [-0.39, 0.29) is 30.3 Å². The molecule has 5 atom stereocenters. The number of amides is 3. The van der Waals surface area contributed by atoms with Gasteiger partial charge in [-0.05, 0) is 37.0 Å². The Morgan fingerprint density at radius 1 is 0.941 bits per heavy atom. The van der Waals surface area contributed by atoms with Gasteiger partial charge in [-0.15, -0.1) is 0 Å². The van der Waals surface area contributed by atoms with Gasteiger partial charge in [-0.25, -0.2) is 4.79 Å². The summed E-state index contributed by atoms with van der Waals surface area (Å²) >= 11 is 3.99. The minimum Gasteiger partial charge on any atom is -0.508 e. The molecule has 0 spiro atoms. The number of benzene rings is 1. The second-order valence-electron chi connectivity index (χ2n) is 8.48. The van der Waals surface area contributed by atoms with Crippen molar-refractivity contribution in [2.24, 2.45) is 11.7 Å². The Labute approximate surface area is 203 Å². The first-order valence-electron chi connectivity index (χ1n) is 10.8. The zero-order chi connectivity index (χ0) is 26.0. The van der Waals surface area contributed by atoms with E-state index < -0.39 is 54.0 Å². The van der Waals surface area contributed by atoms with Crippen molar-refractivity contribution in [3.8, 4) is 5.75 Å². The number of phenols is 1. The largest absolute Gasteiger partial charge is 0.508 e. The van der Waals surface area contributed by atoms with Gasteiger partial charge in [-0.2, -0.15) is 12.6 Å². The number of nitrogens with one attached hydrogen (secondary N) is 3. The monoisotopic (exact) mass is 498 g/mol. The van der Waals surface area contributed by atoms with Crippen LogP contribution in [0.3, 0.4) is 0 Å². The molecule has 0 aliphatic carbocycles. The summed E-state index contributed by atoms with van der Waals surface area (Å²) in [6.45, 7) is 4.86. The molecule has 0 radical (unpaired) electrons. The number of carboxylic acid groups (broad SMARTS) is 1. The van der Waals surface area contributed by atoms with Crippen molar-refractivity contribution >= 4 is 36.3 Å². The molecule has 1 rings (SSSR count). The summed E-state index contributed by atoms with van der Waals surface area (Å²) in [6.07, 6.45) is -1.14. The molecule has 1 aromatic carbocycles. The third-order valence-corrected chi connectivity index (χ3v) is 5.32. The Hall–Kier alpha value is -2.83. The van der Waals surface area contributed by atoms with Gasteiger partial charge in [0.25, 0.3) is 0 Å².